The summed E-state index contributed by atoms with van der Waals surface area (Å²) in [6, 6.07) is 10.4. The van der Waals surface area contributed by atoms with E-state index >= 15 is 0 Å². The molecular weight excluding hydrogens is 226 g/mol. The number of rotatable bonds is 5. The normalized spacial score (nSPS) is 12.4. The van der Waals surface area contributed by atoms with E-state index in [4.69, 9.17) is 4.74 Å². The summed E-state index contributed by atoms with van der Waals surface area (Å²) in [7, 11) is 3.61. The molecule has 0 aliphatic rings. The minimum Gasteiger partial charge on any atom is -0.497 e. The molecule has 1 atom stereocenters. The molecule has 0 aliphatic heterocycles. The maximum Gasteiger partial charge on any atom is 0.119 e. The van der Waals surface area contributed by atoms with Crippen molar-refractivity contribution in [2.45, 2.75) is 19.5 Å². The number of ether oxygens (including phenoxy) is 1. The van der Waals surface area contributed by atoms with Crippen molar-refractivity contribution in [3.63, 3.8) is 0 Å². The molecule has 0 fully saturated rings. The average Bonchev–Trinajstić information content (AvgIpc) is 2.82. The van der Waals surface area contributed by atoms with Gasteiger partial charge >= 0.3 is 0 Å². The summed E-state index contributed by atoms with van der Waals surface area (Å²) in [5.41, 5.74) is 2.26. The van der Waals surface area contributed by atoms with Gasteiger partial charge in [0.15, 0.2) is 0 Å². The van der Waals surface area contributed by atoms with Gasteiger partial charge in [-0.1, -0.05) is 12.1 Å². The Kier molecular flexibility index (Phi) is 3.99. The summed E-state index contributed by atoms with van der Waals surface area (Å²) < 4.78 is 7.04. The van der Waals surface area contributed by atoms with Gasteiger partial charge in [-0.3, -0.25) is 4.68 Å². The van der Waals surface area contributed by atoms with E-state index in [-0.39, 0.29) is 6.04 Å². The smallest absolute Gasteiger partial charge is 0.119 e. The van der Waals surface area contributed by atoms with Crippen LogP contribution in [0.3, 0.4) is 0 Å². The second kappa shape index (κ2) is 5.69. The van der Waals surface area contributed by atoms with E-state index in [0.717, 1.165) is 18.0 Å². The minimum absolute atomic E-state index is 0.266. The summed E-state index contributed by atoms with van der Waals surface area (Å²) >= 11 is 0. The zero-order valence-corrected chi connectivity index (χ0v) is 11.1. The van der Waals surface area contributed by atoms with Crippen LogP contribution in [0.5, 0.6) is 5.75 Å². The molecule has 96 valence electrons. The van der Waals surface area contributed by atoms with E-state index in [1.165, 1.54) is 5.56 Å². The van der Waals surface area contributed by atoms with E-state index in [9.17, 15) is 0 Å². The van der Waals surface area contributed by atoms with Crippen molar-refractivity contribution < 1.29 is 4.74 Å². The first-order valence-corrected chi connectivity index (χ1v) is 6.05. The molecule has 1 N–H and O–H groups in total. The first-order valence-electron chi connectivity index (χ1n) is 6.05. The summed E-state index contributed by atoms with van der Waals surface area (Å²) in [5, 5.41) is 7.79. The molecule has 0 radical (unpaired) electrons. The van der Waals surface area contributed by atoms with Gasteiger partial charge in [-0.2, -0.15) is 5.10 Å². The molecule has 0 saturated carbocycles. The summed E-state index contributed by atoms with van der Waals surface area (Å²) in [5.74, 6) is 0.888. The van der Waals surface area contributed by atoms with Crippen molar-refractivity contribution in [3.8, 4) is 5.75 Å². The van der Waals surface area contributed by atoms with Crippen LogP contribution in [0.4, 0.5) is 0 Å². The van der Waals surface area contributed by atoms with Crippen LogP contribution in [-0.2, 0) is 13.6 Å². The Balaban J connectivity index is 1.96. The van der Waals surface area contributed by atoms with Gasteiger partial charge in [0.25, 0.3) is 0 Å². The molecule has 4 nitrogen and oxygen atoms in total. The second-order valence-corrected chi connectivity index (χ2v) is 4.36. The highest BCUT2D eigenvalue weighted by Gasteiger charge is 2.06. The first-order chi connectivity index (χ1) is 8.69. The fourth-order valence-corrected chi connectivity index (χ4v) is 1.84. The largest absolute Gasteiger partial charge is 0.497 e. The number of aromatic nitrogens is 2. The second-order valence-electron chi connectivity index (χ2n) is 4.36. The van der Waals surface area contributed by atoms with E-state index in [2.05, 4.69) is 29.5 Å². The van der Waals surface area contributed by atoms with Crippen LogP contribution >= 0.6 is 0 Å². The van der Waals surface area contributed by atoms with Crippen molar-refractivity contribution >= 4 is 0 Å². The Bertz CT molecular complexity index is 507. The summed E-state index contributed by atoms with van der Waals surface area (Å²) in [6.07, 6.45) is 1.95. The van der Waals surface area contributed by atoms with Gasteiger partial charge in [0.05, 0.1) is 12.8 Å². The predicted molar refractivity (Wildman–Crippen MR) is 71.5 cm³/mol. The number of nitrogens with zero attached hydrogens (tertiary/aromatic N) is 2. The van der Waals surface area contributed by atoms with Crippen LogP contribution in [0.1, 0.15) is 24.2 Å². The molecule has 1 heterocycles. The van der Waals surface area contributed by atoms with E-state index in [0.29, 0.717) is 0 Å². The minimum atomic E-state index is 0.266. The number of aryl methyl sites for hydroxylation is 1. The predicted octanol–water partition coefficient (Wildman–Crippen LogP) is 2.28. The SMILES string of the molecule is COc1cccc([C@@H](C)NCc2ccn(C)n2)c1. The maximum absolute atomic E-state index is 5.23. The molecule has 0 amide bonds. The molecule has 2 aromatic rings. The lowest BCUT2D eigenvalue weighted by Gasteiger charge is -2.14. The number of nitrogens with one attached hydrogen (secondary N) is 1. The van der Waals surface area contributed by atoms with Gasteiger partial charge in [0.1, 0.15) is 5.75 Å². The molecule has 0 bridgehead atoms. The van der Waals surface area contributed by atoms with Crippen LogP contribution in [0.15, 0.2) is 36.5 Å². The molecule has 0 aliphatic carbocycles. The van der Waals surface area contributed by atoms with Crippen LogP contribution in [-0.4, -0.2) is 16.9 Å². The van der Waals surface area contributed by atoms with Crippen molar-refractivity contribution in [2.24, 2.45) is 7.05 Å². The molecule has 0 saturated heterocycles. The van der Waals surface area contributed by atoms with E-state index in [1.54, 1.807) is 7.11 Å². The lowest BCUT2D eigenvalue weighted by atomic mass is 10.1. The highest BCUT2D eigenvalue weighted by Crippen LogP contribution is 2.18. The number of hydrogen-bond donors (Lipinski definition) is 1. The van der Waals surface area contributed by atoms with Gasteiger partial charge in [-0.05, 0) is 30.7 Å². The Morgan fingerprint density at radius 1 is 1.39 bits per heavy atom. The Labute approximate surface area is 108 Å². The number of methoxy groups -OCH3 is 1. The third-order valence-electron chi connectivity index (χ3n) is 2.95. The molecule has 1 aromatic heterocycles. The summed E-state index contributed by atoms with van der Waals surface area (Å²) in [6.45, 7) is 2.90. The Morgan fingerprint density at radius 2 is 2.22 bits per heavy atom. The van der Waals surface area contributed by atoms with Gasteiger partial charge in [-0.15, -0.1) is 0 Å². The number of benzene rings is 1. The molecule has 2 rings (SSSR count). The lowest BCUT2D eigenvalue weighted by molar-refractivity contribution is 0.413. The van der Waals surface area contributed by atoms with Crippen molar-refractivity contribution in [1.82, 2.24) is 15.1 Å². The van der Waals surface area contributed by atoms with E-state index < -0.39 is 0 Å². The Morgan fingerprint density at radius 3 is 2.89 bits per heavy atom. The van der Waals surface area contributed by atoms with Gasteiger partial charge in [0, 0.05) is 25.8 Å². The van der Waals surface area contributed by atoms with Crippen molar-refractivity contribution in [1.29, 1.82) is 0 Å². The third-order valence-corrected chi connectivity index (χ3v) is 2.95. The van der Waals surface area contributed by atoms with Crippen LogP contribution in [0, 0.1) is 0 Å². The van der Waals surface area contributed by atoms with Gasteiger partial charge in [0.2, 0.25) is 0 Å². The summed E-state index contributed by atoms with van der Waals surface area (Å²) in [4.78, 5) is 0. The molecule has 0 spiro atoms. The monoisotopic (exact) mass is 245 g/mol. The Hall–Kier alpha value is -1.81. The zero-order valence-electron chi connectivity index (χ0n) is 11.1. The van der Waals surface area contributed by atoms with Crippen LogP contribution in [0.2, 0.25) is 0 Å². The zero-order chi connectivity index (χ0) is 13.0. The molecule has 18 heavy (non-hydrogen) atoms. The van der Waals surface area contributed by atoms with Crippen molar-refractivity contribution in [3.05, 3.63) is 47.8 Å². The van der Waals surface area contributed by atoms with Gasteiger partial charge in [-0.25, -0.2) is 0 Å². The highest BCUT2D eigenvalue weighted by atomic mass is 16.5. The number of hydrogen-bond acceptors (Lipinski definition) is 3. The fraction of sp³-hybridized carbons (Fsp3) is 0.357. The molecule has 1 aromatic carbocycles. The standard InChI is InChI=1S/C14H19N3O/c1-11(12-5-4-6-14(9-12)18-3)15-10-13-7-8-17(2)16-13/h4-9,11,15H,10H2,1-3H3/t11-/m1/s1. The van der Waals surface area contributed by atoms with Crippen LogP contribution < -0.4 is 10.1 Å². The van der Waals surface area contributed by atoms with Crippen LogP contribution in [0.25, 0.3) is 0 Å². The molecule has 4 heteroatoms. The quantitative estimate of drug-likeness (QED) is 0.878. The van der Waals surface area contributed by atoms with Crippen molar-refractivity contribution in [2.75, 3.05) is 7.11 Å². The first kappa shape index (κ1) is 12.6. The van der Waals surface area contributed by atoms with E-state index in [1.807, 2.05) is 36.1 Å². The molecular formula is C14H19N3O. The average molecular weight is 245 g/mol. The third kappa shape index (κ3) is 3.11. The molecule has 0 unspecified atom stereocenters. The van der Waals surface area contributed by atoms with Gasteiger partial charge < -0.3 is 10.1 Å². The topological polar surface area (TPSA) is 39.1 Å². The highest BCUT2D eigenvalue weighted by molar-refractivity contribution is 5.30. The maximum atomic E-state index is 5.23. The lowest BCUT2D eigenvalue weighted by Crippen LogP contribution is -2.18. The fourth-order valence-electron chi connectivity index (χ4n) is 1.84.